The van der Waals surface area contributed by atoms with Crippen molar-refractivity contribution in [2.75, 3.05) is 12.3 Å². The first-order valence-corrected chi connectivity index (χ1v) is 14.8. The van der Waals surface area contributed by atoms with E-state index in [1.54, 1.807) is 12.1 Å². The number of aryl methyl sites for hydroxylation is 1. The SMILES string of the molecule is C#CCSC(=Nc1cc(C)ccc1C(C)C)NC(=O)NCCc1ccc(-c2ncn(-c3ccc(OC(F)(F)F)cc3)n2)cc1F. The number of thioether (sulfide) groups is 1. The van der Waals surface area contributed by atoms with E-state index in [9.17, 15) is 22.4 Å². The molecule has 1 heterocycles. The summed E-state index contributed by atoms with van der Waals surface area (Å²) >= 11 is 1.23. The fraction of sp³-hybridized carbons (Fsp3) is 0.250. The molecule has 0 aliphatic heterocycles. The molecule has 4 aromatic rings. The van der Waals surface area contributed by atoms with E-state index in [1.165, 1.54) is 41.0 Å². The molecule has 0 bridgehead atoms. The molecule has 0 radical (unpaired) electrons. The fourth-order valence-electron chi connectivity index (χ4n) is 4.22. The van der Waals surface area contributed by atoms with Crippen LogP contribution in [0.5, 0.6) is 5.75 Å². The van der Waals surface area contributed by atoms with Crippen molar-refractivity contribution in [2.24, 2.45) is 4.99 Å². The Labute approximate surface area is 262 Å². The van der Waals surface area contributed by atoms with E-state index in [1.807, 2.05) is 25.1 Å². The average Bonchev–Trinajstić information content (AvgIpc) is 3.46. The zero-order valence-electron chi connectivity index (χ0n) is 24.7. The summed E-state index contributed by atoms with van der Waals surface area (Å²) < 4.78 is 57.4. The topological polar surface area (TPSA) is 93.4 Å². The quantitative estimate of drug-likeness (QED) is 0.0869. The number of carbonyl (C=O) groups excluding carboxylic acids is 1. The second-order valence-corrected chi connectivity index (χ2v) is 11.1. The number of amides is 2. The van der Waals surface area contributed by atoms with E-state index in [-0.39, 0.29) is 30.5 Å². The number of aromatic nitrogens is 3. The largest absolute Gasteiger partial charge is 0.573 e. The minimum absolute atomic E-state index is 0.151. The first-order valence-electron chi connectivity index (χ1n) is 13.8. The van der Waals surface area contributed by atoms with Crippen LogP contribution in [0, 0.1) is 25.1 Å². The van der Waals surface area contributed by atoms with Gasteiger partial charge in [0.2, 0.25) is 0 Å². The average molecular weight is 639 g/mol. The Morgan fingerprint density at radius 1 is 1.13 bits per heavy atom. The van der Waals surface area contributed by atoms with Crippen molar-refractivity contribution in [3.8, 4) is 35.2 Å². The van der Waals surface area contributed by atoms with Crippen LogP contribution in [0.3, 0.4) is 0 Å². The molecule has 45 heavy (non-hydrogen) atoms. The highest BCUT2D eigenvalue weighted by atomic mass is 32.2. The van der Waals surface area contributed by atoms with Gasteiger partial charge >= 0.3 is 12.4 Å². The van der Waals surface area contributed by atoms with Crippen LogP contribution in [0.2, 0.25) is 0 Å². The van der Waals surface area contributed by atoms with Crippen LogP contribution in [0.1, 0.15) is 36.5 Å². The normalized spacial score (nSPS) is 11.8. The van der Waals surface area contributed by atoms with Gasteiger partial charge in [0.15, 0.2) is 11.0 Å². The first-order chi connectivity index (χ1) is 21.4. The standard InChI is InChI=1S/C32H30F4N6O2S/c1-5-16-45-31(39-28-17-21(4)6-13-26(28)20(2)3)40-30(43)37-15-14-22-7-8-23(18-27(22)33)29-38-19-42(41-29)24-9-11-25(12-10-24)44-32(34,35)36/h1,6-13,17-20H,14-16H2,2-4H3,(H2,37,39,40,43). The molecule has 0 fully saturated rings. The van der Waals surface area contributed by atoms with Gasteiger partial charge < -0.3 is 10.1 Å². The Morgan fingerprint density at radius 2 is 1.89 bits per heavy atom. The lowest BCUT2D eigenvalue weighted by Crippen LogP contribution is -2.39. The molecule has 0 aliphatic carbocycles. The van der Waals surface area contributed by atoms with Gasteiger partial charge in [0, 0.05) is 12.1 Å². The van der Waals surface area contributed by atoms with Gasteiger partial charge in [-0.1, -0.05) is 55.8 Å². The summed E-state index contributed by atoms with van der Waals surface area (Å²) in [6.45, 7) is 6.25. The number of nitrogens with one attached hydrogen (secondary N) is 2. The number of hydrogen-bond acceptors (Lipinski definition) is 6. The third kappa shape index (κ3) is 9.58. The molecule has 0 atom stereocenters. The van der Waals surface area contributed by atoms with E-state index in [2.05, 4.69) is 50.2 Å². The van der Waals surface area contributed by atoms with Gasteiger partial charge in [-0.05, 0) is 72.4 Å². The molecule has 1 aromatic heterocycles. The van der Waals surface area contributed by atoms with Crippen molar-refractivity contribution in [3.63, 3.8) is 0 Å². The van der Waals surface area contributed by atoms with Gasteiger partial charge in [0.25, 0.3) is 0 Å². The van der Waals surface area contributed by atoms with Gasteiger partial charge in [-0.15, -0.1) is 24.7 Å². The summed E-state index contributed by atoms with van der Waals surface area (Å²) in [7, 11) is 0. The van der Waals surface area contributed by atoms with Crippen molar-refractivity contribution in [1.82, 2.24) is 25.4 Å². The molecule has 0 aliphatic rings. The number of rotatable bonds is 9. The Hall–Kier alpha value is -4.83. The number of carbonyl (C=O) groups is 1. The molecule has 0 saturated carbocycles. The number of alkyl halides is 3. The van der Waals surface area contributed by atoms with Crippen molar-refractivity contribution in [3.05, 3.63) is 89.5 Å². The minimum Gasteiger partial charge on any atom is -0.406 e. The Morgan fingerprint density at radius 3 is 2.56 bits per heavy atom. The summed E-state index contributed by atoms with van der Waals surface area (Å²) in [5, 5.41) is 10.1. The number of aliphatic imine (C=N–C) groups is 1. The van der Waals surface area contributed by atoms with Gasteiger partial charge in [0.1, 0.15) is 17.9 Å². The zero-order valence-corrected chi connectivity index (χ0v) is 25.5. The Bertz CT molecular complexity index is 1710. The Kier molecular flexibility index (Phi) is 10.9. The third-order valence-corrected chi connectivity index (χ3v) is 7.14. The van der Waals surface area contributed by atoms with E-state index >= 15 is 0 Å². The number of halogens is 4. The highest BCUT2D eigenvalue weighted by Crippen LogP contribution is 2.29. The summed E-state index contributed by atoms with van der Waals surface area (Å²) in [5.74, 6) is 2.42. The number of nitrogens with zero attached hydrogens (tertiary/aromatic N) is 4. The number of terminal acetylenes is 1. The molecule has 0 saturated heterocycles. The molecule has 2 amide bonds. The van der Waals surface area contributed by atoms with Gasteiger partial charge in [-0.3, -0.25) is 5.32 Å². The van der Waals surface area contributed by atoms with Gasteiger partial charge in [-0.25, -0.2) is 23.8 Å². The van der Waals surface area contributed by atoms with Crippen molar-refractivity contribution < 1.29 is 27.1 Å². The second-order valence-electron chi connectivity index (χ2n) is 10.1. The van der Waals surface area contributed by atoms with Crippen LogP contribution in [0.4, 0.5) is 28.0 Å². The van der Waals surface area contributed by atoms with Crippen LogP contribution in [0.15, 0.2) is 72.0 Å². The van der Waals surface area contributed by atoms with Crippen molar-refractivity contribution in [1.29, 1.82) is 0 Å². The smallest absolute Gasteiger partial charge is 0.406 e. The third-order valence-electron chi connectivity index (χ3n) is 6.36. The van der Waals surface area contributed by atoms with E-state index in [4.69, 9.17) is 6.42 Å². The van der Waals surface area contributed by atoms with E-state index in [0.29, 0.717) is 27.7 Å². The number of hydrogen-bond donors (Lipinski definition) is 2. The number of ether oxygens (including phenoxy) is 1. The summed E-state index contributed by atoms with van der Waals surface area (Å²) in [6, 6.07) is 15.1. The van der Waals surface area contributed by atoms with Crippen molar-refractivity contribution >= 4 is 28.6 Å². The summed E-state index contributed by atoms with van der Waals surface area (Å²) in [6.07, 6.45) is 2.22. The molecule has 2 N–H and O–H groups in total. The van der Waals surface area contributed by atoms with Crippen LogP contribution in [-0.2, 0) is 6.42 Å². The number of amidine groups is 1. The molecule has 234 valence electrons. The molecule has 3 aromatic carbocycles. The second kappa shape index (κ2) is 14.8. The van der Waals surface area contributed by atoms with Crippen LogP contribution in [0.25, 0.3) is 17.1 Å². The predicted octanol–water partition coefficient (Wildman–Crippen LogP) is 7.30. The van der Waals surface area contributed by atoms with Crippen LogP contribution in [-0.4, -0.2) is 44.6 Å². The lowest BCUT2D eigenvalue weighted by atomic mass is 10.00. The van der Waals surface area contributed by atoms with Gasteiger partial charge in [-0.2, -0.15) is 0 Å². The monoisotopic (exact) mass is 638 g/mol. The Balaban J connectivity index is 1.36. The lowest BCUT2D eigenvalue weighted by molar-refractivity contribution is -0.274. The molecule has 8 nitrogen and oxygen atoms in total. The van der Waals surface area contributed by atoms with Crippen LogP contribution >= 0.6 is 11.8 Å². The highest BCUT2D eigenvalue weighted by molar-refractivity contribution is 8.14. The minimum atomic E-state index is -4.79. The van der Waals surface area contributed by atoms with E-state index < -0.39 is 18.2 Å². The molecular weight excluding hydrogens is 608 g/mol. The van der Waals surface area contributed by atoms with Crippen LogP contribution < -0.4 is 15.4 Å². The fourth-order valence-corrected chi connectivity index (χ4v) is 4.76. The molecule has 0 spiro atoms. The lowest BCUT2D eigenvalue weighted by Gasteiger charge is -2.13. The highest BCUT2D eigenvalue weighted by Gasteiger charge is 2.31. The van der Waals surface area contributed by atoms with Gasteiger partial charge in [0.05, 0.1) is 17.1 Å². The number of benzene rings is 3. The summed E-state index contributed by atoms with van der Waals surface area (Å²) in [5.41, 5.74) is 4.04. The first kappa shape index (κ1) is 33.1. The maximum Gasteiger partial charge on any atom is 0.573 e. The summed E-state index contributed by atoms with van der Waals surface area (Å²) in [4.78, 5) is 21.5. The maximum absolute atomic E-state index is 15.0. The zero-order chi connectivity index (χ0) is 32.6. The predicted molar refractivity (Wildman–Crippen MR) is 167 cm³/mol. The molecule has 4 rings (SSSR count). The molecular formula is C32H30F4N6O2S. The number of urea groups is 1. The van der Waals surface area contributed by atoms with E-state index in [0.717, 1.165) is 28.9 Å². The van der Waals surface area contributed by atoms with Crippen molar-refractivity contribution in [2.45, 2.75) is 39.5 Å². The molecule has 0 unspecified atom stereocenters. The molecule has 13 heteroatoms. The maximum atomic E-state index is 15.0.